The maximum atomic E-state index is 11.9. The van der Waals surface area contributed by atoms with E-state index in [9.17, 15) is 9.90 Å². The van der Waals surface area contributed by atoms with Gasteiger partial charge in [-0.3, -0.25) is 0 Å². The molecule has 2 rings (SSSR count). The van der Waals surface area contributed by atoms with Gasteiger partial charge in [-0.2, -0.15) is 0 Å². The molecular formula is C15H14BrClN2O2. The van der Waals surface area contributed by atoms with E-state index >= 15 is 0 Å². The van der Waals surface area contributed by atoms with Crippen molar-refractivity contribution >= 4 is 44.9 Å². The van der Waals surface area contributed by atoms with Crippen LogP contribution in [0, 0.1) is 0 Å². The predicted molar refractivity (Wildman–Crippen MR) is 88.9 cm³/mol. The van der Waals surface area contributed by atoms with Gasteiger partial charge in [0.15, 0.2) is 0 Å². The van der Waals surface area contributed by atoms with Crippen LogP contribution in [0.1, 0.15) is 18.6 Å². The first-order valence-corrected chi connectivity index (χ1v) is 7.44. The maximum absolute atomic E-state index is 11.9. The van der Waals surface area contributed by atoms with Crippen molar-refractivity contribution in [2.75, 3.05) is 10.6 Å². The van der Waals surface area contributed by atoms with E-state index in [1.807, 2.05) is 0 Å². The standard InChI is InChI=1S/C15H14BrClN2O2/c1-9(20)10-5-7-11(8-6-10)18-15(21)19-13-4-2-3-12(17)14(13)16/h2-9,20H,1H3,(H2,18,19,21). The van der Waals surface area contributed by atoms with Crippen LogP contribution in [0.25, 0.3) is 0 Å². The van der Waals surface area contributed by atoms with Gasteiger partial charge in [-0.05, 0) is 52.7 Å². The Labute approximate surface area is 136 Å². The molecule has 1 atom stereocenters. The van der Waals surface area contributed by atoms with Crippen LogP contribution in [-0.2, 0) is 0 Å². The molecule has 2 amide bonds. The average Bonchev–Trinajstić information content (AvgIpc) is 2.44. The summed E-state index contributed by atoms with van der Waals surface area (Å²) >= 11 is 9.28. The highest BCUT2D eigenvalue weighted by atomic mass is 79.9. The first-order valence-electron chi connectivity index (χ1n) is 6.27. The second kappa shape index (κ2) is 6.93. The highest BCUT2D eigenvalue weighted by Gasteiger charge is 2.08. The molecule has 0 saturated heterocycles. The highest BCUT2D eigenvalue weighted by molar-refractivity contribution is 9.10. The van der Waals surface area contributed by atoms with Gasteiger partial charge in [-0.1, -0.05) is 29.8 Å². The van der Waals surface area contributed by atoms with Crippen LogP contribution >= 0.6 is 27.5 Å². The third-order valence-electron chi connectivity index (χ3n) is 2.85. The highest BCUT2D eigenvalue weighted by Crippen LogP contribution is 2.30. The lowest BCUT2D eigenvalue weighted by Gasteiger charge is -2.11. The second-order valence-electron chi connectivity index (χ2n) is 4.48. The molecule has 0 fully saturated rings. The van der Waals surface area contributed by atoms with Gasteiger partial charge in [-0.25, -0.2) is 4.79 Å². The zero-order valence-corrected chi connectivity index (χ0v) is 13.6. The number of hydrogen-bond acceptors (Lipinski definition) is 2. The number of urea groups is 1. The van der Waals surface area contributed by atoms with E-state index < -0.39 is 6.10 Å². The van der Waals surface area contributed by atoms with E-state index in [0.29, 0.717) is 20.9 Å². The van der Waals surface area contributed by atoms with Gasteiger partial charge in [0.25, 0.3) is 0 Å². The van der Waals surface area contributed by atoms with Crippen molar-refractivity contribution in [1.29, 1.82) is 0 Å². The number of halogens is 2. The molecule has 2 aromatic carbocycles. The minimum Gasteiger partial charge on any atom is -0.389 e. The normalized spacial score (nSPS) is 11.8. The minimum atomic E-state index is -0.532. The Hall–Kier alpha value is -1.56. The molecule has 0 saturated carbocycles. The summed E-state index contributed by atoms with van der Waals surface area (Å²) < 4.78 is 0.631. The van der Waals surface area contributed by atoms with Crippen molar-refractivity contribution in [2.24, 2.45) is 0 Å². The van der Waals surface area contributed by atoms with Crippen molar-refractivity contribution in [2.45, 2.75) is 13.0 Å². The predicted octanol–water partition coefficient (Wildman–Crippen LogP) is 4.80. The Morgan fingerprint density at radius 1 is 1.19 bits per heavy atom. The van der Waals surface area contributed by atoms with Gasteiger partial charge in [0.1, 0.15) is 0 Å². The second-order valence-corrected chi connectivity index (χ2v) is 5.68. The summed E-state index contributed by atoms with van der Waals surface area (Å²) in [4.78, 5) is 11.9. The lowest BCUT2D eigenvalue weighted by atomic mass is 10.1. The number of aliphatic hydroxyl groups excluding tert-OH is 1. The van der Waals surface area contributed by atoms with E-state index in [2.05, 4.69) is 26.6 Å². The molecule has 0 bridgehead atoms. The van der Waals surface area contributed by atoms with Crippen molar-refractivity contribution in [1.82, 2.24) is 0 Å². The van der Waals surface area contributed by atoms with Crippen molar-refractivity contribution in [3.05, 3.63) is 57.5 Å². The van der Waals surface area contributed by atoms with Crippen LogP contribution in [-0.4, -0.2) is 11.1 Å². The zero-order chi connectivity index (χ0) is 15.4. The molecule has 0 aliphatic carbocycles. The third-order valence-corrected chi connectivity index (χ3v) is 4.25. The summed E-state index contributed by atoms with van der Waals surface area (Å²) in [6.45, 7) is 1.69. The fraction of sp³-hybridized carbons (Fsp3) is 0.133. The molecular weight excluding hydrogens is 356 g/mol. The van der Waals surface area contributed by atoms with Gasteiger partial charge in [-0.15, -0.1) is 0 Å². The Kier molecular flexibility index (Phi) is 5.22. The fourth-order valence-electron chi connectivity index (χ4n) is 1.73. The smallest absolute Gasteiger partial charge is 0.323 e. The molecule has 0 heterocycles. The summed E-state index contributed by atoms with van der Waals surface area (Å²) in [5.41, 5.74) is 2.01. The summed E-state index contributed by atoms with van der Waals surface area (Å²) in [5.74, 6) is 0. The Morgan fingerprint density at radius 3 is 2.48 bits per heavy atom. The molecule has 0 aliphatic rings. The number of aliphatic hydroxyl groups is 1. The number of amides is 2. The maximum Gasteiger partial charge on any atom is 0.323 e. The average molecular weight is 370 g/mol. The lowest BCUT2D eigenvalue weighted by molar-refractivity contribution is 0.199. The van der Waals surface area contributed by atoms with E-state index in [4.69, 9.17) is 11.6 Å². The van der Waals surface area contributed by atoms with E-state index in [0.717, 1.165) is 5.56 Å². The SMILES string of the molecule is CC(O)c1ccc(NC(=O)Nc2cccc(Cl)c2Br)cc1. The molecule has 110 valence electrons. The molecule has 6 heteroatoms. The first kappa shape index (κ1) is 15.8. The molecule has 0 aliphatic heterocycles. The molecule has 21 heavy (non-hydrogen) atoms. The Balaban J connectivity index is 2.03. The van der Waals surface area contributed by atoms with Gasteiger partial charge in [0.05, 0.1) is 21.3 Å². The number of benzene rings is 2. The van der Waals surface area contributed by atoms with Crippen LogP contribution in [0.15, 0.2) is 46.9 Å². The summed E-state index contributed by atoms with van der Waals surface area (Å²) in [6, 6.07) is 11.8. The Morgan fingerprint density at radius 2 is 1.86 bits per heavy atom. The number of carbonyl (C=O) groups excluding carboxylic acids is 1. The number of rotatable bonds is 3. The molecule has 1 unspecified atom stereocenters. The zero-order valence-electron chi connectivity index (χ0n) is 11.2. The van der Waals surface area contributed by atoms with Crippen LogP contribution < -0.4 is 10.6 Å². The number of hydrogen-bond donors (Lipinski definition) is 3. The molecule has 3 N–H and O–H groups in total. The summed E-state index contributed by atoms with van der Waals surface area (Å²) in [6.07, 6.45) is -0.532. The van der Waals surface area contributed by atoms with Crippen molar-refractivity contribution in [3.63, 3.8) is 0 Å². The van der Waals surface area contributed by atoms with Gasteiger partial charge in [0, 0.05) is 5.69 Å². The number of carbonyl (C=O) groups is 1. The van der Waals surface area contributed by atoms with Gasteiger partial charge < -0.3 is 15.7 Å². The lowest BCUT2D eigenvalue weighted by Crippen LogP contribution is -2.19. The Bertz CT molecular complexity index is 645. The minimum absolute atomic E-state index is 0.372. The third kappa shape index (κ3) is 4.20. The summed E-state index contributed by atoms with van der Waals surface area (Å²) in [5, 5.41) is 15.4. The molecule has 0 radical (unpaired) electrons. The van der Waals surface area contributed by atoms with Crippen molar-refractivity contribution in [3.8, 4) is 0 Å². The largest absolute Gasteiger partial charge is 0.389 e. The molecule has 2 aromatic rings. The number of anilines is 2. The number of nitrogens with one attached hydrogen (secondary N) is 2. The van der Waals surface area contributed by atoms with E-state index in [-0.39, 0.29) is 6.03 Å². The summed E-state index contributed by atoms with van der Waals surface area (Å²) in [7, 11) is 0. The quantitative estimate of drug-likeness (QED) is 0.728. The van der Waals surface area contributed by atoms with Crippen LogP contribution in [0.2, 0.25) is 5.02 Å². The molecule has 0 spiro atoms. The van der Waals surface area contributed by atoms with Crippen LogP contribution in [0.3, 0.4) is 0 Å². The molecule has 0 aromatic heterocycles. The topological polar surface area (TPSA) is 61.4 Å². The van der Waals surface area contributed by atoms with Crippen LogP contribution in [0.5, 0.6) is 0 Å². The van der Waals surface area contributed by atoms with Gasteiger partial charge in [0.2, 0.25) is 0 Å². The van der Waals surface area contributed by atoms with Gasteiger partial charge >= 0.3 is 6.03 Å². The van der Waals surface area contributed by atoms with E-state index in [1.54, 1.807) is 49.4 Å². The van der Waals surface area contributed by atoms with Crippen LogP contribution in [0.4, 0.5) is 16.2 Å². The fourth-order valence-corrected chi connectivity index (χ4v) is 2.27. The molecule has 4 nitrogen and oxygen atoms in total. The van der Waals surface area contributed by atoms with Crippen molar-refractivity contribution < 1.29 is 9.90 Å². The van der Waals surface area contributed by atoms with E-state index in [1.165, 1.54) is 0 Å². The monoisotopic (exact) mass is 368 g/mol. The first-order chi connectivity index (χ1) is 9.97.